The Morgan fingerprint density at radius 1 is 1.33 bits per heavy atom. The molecule has 0 bridgehead atoms. The Bertz CT molecular complexity index is 242. The fourth-order valence-electron chi connectivity index (χ4n) is 1.69. The minimum atomic E-state index is -0.224. The van der Waals surface area contributed by atoms with Crippen LogP contribution in [0.5, 0.6) is 0 Å². The Hall–Kier alpha value is -0.810. The molecule has 0 saturated heterocycles. The number of ether oxygens (including phenoxy) is 1. The van der Waals surface area contributed by atoms with Crippen LogP contribution in [0, 0.1) is 5.41 Å². The van der Waals surface area contributed by atoms with E-state index in [2.05, 4.69) is 17.1 Å². The van der Waals surface area contributed by atoms with Gasteiger partial charge in [0.25, 0.3) is 0 Å². The third-order valence-electron chi connectivity index (χ3n) is 3.21. The van der Waals surface area contributed by atoms with E-state index in [9.17, 15) is 0 Å². The zero-order chi connectivity index (χ0) is 14.0. The minimum absolute atomic E-state index is 0.224. The van der Waals surface area contributed by atoms with Gasteiger partial charge in [0.2, 0.25) is 0 Å². The molecule has 0 rings (SSSR count). The van der Waals surface area contributed by atoms with Crippen LogP contribution >= 0.6 is 0 Å². The van der Waals surface area contributed by atoms with Crippen LogP contribution in [0.3, 0.4) is 0 Å². The van der Waals surface area contributed by atoms with Crippen molar-refractivity contribution in [2.24, 2.45) is 16.3 Å². The Morgan fingerprint density at radius 2 is 2.00 bits per heavy atom. The van der Waals surface area contributed by atoms with Crippen molar-refractivity contribution in [1.29, 1.82) is 0 Å². The summed E-state index contributed by atoms with van der Waals surface area (Å²) in [5, 5.41) is 11.8. The summed E-state index contributed by atoms with van der Waals surface area (Å²) >= 11 is 0. The predicted octanol–water partition coefficient (Wildman–Crippen LogP) is 1.90. The molecule has 0 heterocycles. The van der Waals surface area contributed by atoms with E-state index in [1.165, 1.54) is 0 Å². The van der Waals surface area contributed by atoms with Gasteiger partial charge in [-0.2, -0.15) is 0 Å². The number of rotatable bonds is 10. The van der Waals surface area contributed by atoms with Crippen LogP contribution in [0.1, 0.15) is 40.0 Å². The highest BCUT2D eigenvalue weighted by atomic mass is 16.5. The van der Waals surface area contributed by atoms with Gasteiger partial charge in [-0.3, -0.25) is 0 Å². The van der Waals surface area contributed by atoms with E-state index in [-0.39, 0.29) is 5.41 Å². The fraction of sp³-hybridized carbons (Fsp3) is 0.923. The molecule has 0 amide bonds. The molecule has 108 valence electrons. The number of oxime groups is 1. The van der Waals surface area contributed by atoms with Crippen molar-refractivity contribution >= 4 is 5.84 Å². The van der Waals surface area contributed by atoms with E-state index in [1.807, 2.05) is 20.8 Å². The van der Waals surface area contributed by atoms with Crippen molar-refractivity contribution in [1.82, 2.24) is 4.90 Å². The van der Waals surface area contributed by atoms with E-state index in [0.29, 0.717) is 5.84 Å². The summed E-state index contributed by atoms with van der Waals surface area (Å²) in [5.41, 5.74) is 5.42. The summed E-state index contributed by atoms with van der Waals surface area (Å²) in [4.78, 5) is 2.27. The third-order valence-corrected chi connectivity index (χ3v) is 3.21. The zero-order valence-electron chi connectivity index (χ0n) is 12.3. The number of unbranched alkanes of at least 4 members (excludes halogenated alkanes) is 1. The average Bonchev–Trinajstić information content (AvgIpc) is 2.34. The SMILES string of the molecule is CCOCCN(C)CCCCC(C)(C)C(N)=NO. The first-order valence-corrected chi connectivity index (χ1v) is 6.68. The summed E-state index contributed by atoms with van der Waals surface area (Å²) in [6, 6.07) is 0. The van der Waals surface area contributed by atoms with Gasteiger partial charge in [-0.15, -0.1) is 0 Å². The van der Waals surface area contributed by atoms with E-state index in [4.69, 9.17) is 15.7 Å². The summed E-state index contributed by atoms with van der Waals surface area (Å²) in [6.07, 6.45) is 3.12. The molecule has 18 heavy (non-hydrogen) atoms. The molecule has 0 aromatic rings. The van der Waals surface area contributed by atoms with Gasteiger partial charge in [0.1, 0.15) is 5.84 Å². The maximum atomic E-state index is 8.68. The largest absolute Gasteiger partial charge is 0.409 e. The van der Waals surface area contributed by atoms with Crippen LogP contribution in [0.4, 0.5) is 0 Å². The Kier molecular flexibility index (Phi) is 8.75. The second kappa shape index (κ2) is 9.16. The molecule has 0 aliphatic rings. The van der Waals surface area contributed by atoms with E-state index >= 15 is 0 Å². The maximum Gasteiger partial charge on any atom is 0.144 e. The number of nitrogens with two attached hydrogens (primary N) is 1. The Morgan fingerprint density at radius 3 is 2.56 bits per heavy atom. The molecular formula is C13H29N3O2. The topological polar surface area (TPSA) is 71.1 Å². The highest BCUT2D eigenvalue weighted by molar-refractivity contribution is 5.85. The molecule has 0 aliphatic heterocycles. The van der Waals surface area contributed by atoms with Crippen molar-refractivity contribution < 1.29 is 9.94 Å². The number of likely N-dealkylation sites (N-methyl/N-ethyl adjacent to an activating group) is 1. The third kappa shape index (κ3) is 7.50. The summed E-state index contributed by atoms with van der Waals surface area (Å²) in [7, 11) is 2.10. The first kappa shape index (κ1) is 17.2. The van der Waals surface area contributed by atoms with Gasteiger partial charge in [0.05, 0.1) is 6.61 Å². The number of amidine groups is 1. The maximum absolute atomic E-state index is 8.68. The molecule has 3 N–H and O–H groups in total. The van der Waals surface area contributed by atoms with E-state index < -0.39 is 0 Å². The molecule has 0 atom stereocenters. The standard InChI is InChI=1S/C13H29N3O2/c1-5-18-11-10-16(4)9-7-6-8-13(2,3)12(14)15-17/h17H,5-11H2,1-4H3,(H2,14,15). The Balaban J connectivity index is 3.67. The van der Waals surface area contributed by atoms with Crippen LogP contribution in [0.2, 0.25) is 0 Å². The molecule has 5 nitrogen and oxygen atoms in total. The fourth-order valence-corrected chi connectivity index (χ4v) is 1.69. The highest BCUT2D eigenvalue weighted by Gasteiger charge is 2.22. The monoisotopic (exact) mass is 259 g/mol. The van der Waals surface area contributed by atoms with Gasteiger partial charge in [0, 0.05) is 18.6 Å². The number of hydrogen-bond donors (Lipinski definition) is 2. The molecule has 0 aromatic heterocycles. The van der Waals surface area contributed by atoms with Crippen LogP contribution in [-0.2, 0) is 4.74 Å². The highest BCUT2D eigenvalue weighted by Crippen LogP contribution is 2.23. The van der Waals surface area contributed by atoms with Gasteiger partial charge >= 0.3 is 0 Å². The molecule has 5 heteroatoms. The second-order valence-electron chi connectivity index (χ2n) is 5.33. The quantitative estimate of drug-likeness (QED) is 0.207. The van der Waals surface area contributed by atoms with Crippen molar-refractivity contribution in [3.05, 3.63) is 0 Å². The molecule has 0 aliphatic carbocycles. The lowest BCUT2D eigenvalue weighted by atomic mass is 9.86. The summed E-state index contributed by atoms with van der Waals surface area (Å²) in [6.45, 7) is 9.61. The molecular weight excluding hydrogens is 230 g/mol. The van der Waals surface area contributed by atoms with Gasteiger partial charge in [0.15, 0.2) is 0 Å². The molecule has 0 saturated carbocycles. The lowest BCUT2D eigenvalue weighted by molar-refractivity contribution is 0.121. The van der Waals surface area contributed by atoms with Crippen molar-refractivity contribution in [2.45, 2.75) is 40.0 Å². The van der Waals surface area contributed by atoms with Crippen molar-refractivity contribution in [3.8, 4) is 0 Å². The second-order valence-corrected chi connectivity index (χ2v) is 5.33. The first-order valence-electron chi connectivity index (χ1n) is 6.68. The van der Waals surface area contributed by atoms with Gasteiger partial charge in [-0.05, 0) is 33.4 Å². The van der Waals surface area contributed by atoms with Crippen LogP contribution in [-0.4, -0.2) is 49.3 Å². The van der Waals surface area contributed by atoms with E-state index in [0.717, 1.165) is 45.6 Å². The number of hydrogen-bond acceptors (Lipinski definition) is 4. The molecule has 0 unspecified atom stereocenters. The molecule has 0 radical (unpaired) electrons. The van der Waals surface area contributed by atoms with Gasteiger partial charge in [-0.1, -0.05) is 25.4 Å². The average molecular weight is 259 g/mol. The minimum Gasteiger partial charge on any atom is -0.409 e. The smallest absolute Gasteiger partial charge is 0.144 e. The van der Waals surface area contributed by atoms with Crippen LogP contribution < -0.4 is 5.73 Å². The van der Waals surface area contributed by atoms with Crippen molar-refractivity contribution in [3.63, 3.8) is 0 Å². The van der Waals surface area contributed by atoms with Crippen molar-refractivity contribution in [2.75, 3.05) is 33.4 Å². The molecule has 0 fully saturated rings. The lowest BCUT2D eigenvalue weighted by Gasteiger charge is -2.23. The predicted molar refractivity (Wildman–Crippen MR) is 75.0 cm³/mol. The van der Waals surface area contributed by atoms with Crippen LogP contribution in [0.25, 0.3) is 0 Å². The zero-order valence-corrected chi connectivity index (χ0v) is 12.3. The Labute approximate surface area is 111 Å². The summed E-state index contributed by atoms with van der Waals surface area (Å²) < 4.78 is 5.31. The van der Waals surface area contributed by atoms with Crippen LogP contribution in [0.15, 0.2) is 5.16 Å². The summed E-state index contributed by atoms with van der Waals surface area (Å²) in [5.74, 6) is 0.312. The van der Waals surface area contributed by atoms with E-state index in [1.54, 1.807) is 0 Å². The molecule has 0 spiro atoms. The van der Waals surface area contributed by atoms with Gasteiger partial charge in [-0.25, -0.2) is 0 Å². The van der Waals surface area contributed by atoms with Gasteiger partial charge < -0.3 is 20.6 Å². The lowest BCUT2D eigenvalue weighted by Crippen LogP contribution is -2.32. The molecule has 0 aromatic carbocycles. The first-order chi connectivity index (χ1) is 8.44. The normalized spacial score (nSPS) is 13.3. The number of nitrogens with zero attached hydrogens (tertiary/aromatic N) is 2.